The van der Waals surface area contributed by atoms with Gasteiger partial charge in [0.25, 0.3) is 0 Å². The maximum Gasteiger partial charge on any atom is 0.602 e. The quantitative estimate of drug-likeness (QED) is 0.656. The molecule has 2 rings (SSSR count). The molecule has 1 atom stereocenters. The highest BCUT2D eigenvalue weighted by molar-refractivity contribution is 5.79. The minimum absolute atomic E-state index is 0.138. The summed E-state index contributed by atoms with van der Waals surface area (Å²) >= 11 is 0. The first-order valence-corrected chi connectivity index (χ1v) is 5.75. The molecule has 1 unspecified atom stereocenters. The lowest BCUT2D eigenvalue weighted by molar-refractivity contribution is -0.597. The van der Waals surface area contributed by atoms with Crippen LogP contribution in [-0.2, 0) is 4.74 Å². The van der Waals surface area contributed by atoms with Gasteiger partial charge >= 0.3 is 6.09 Å². The van der Waals surface area contributed by atoms with Gasteiger partial charge in [0.1, 0.15) is 17.8 Å². The molecule has 2 heterocycles. The minimum atomic E-state index is -1.44. The lowest BCUT2D eigenvalue weighted by Crippen LogP contribution is -2.48. The van der Waals surface area contributed by atoms with Gasteiger partial charge in [0.15, 0.2) is 6.20 Å². The van der Waals surface area contributed by atoms with E-state index in [1.54, 1.807) is 32.0 Å². The number of nitriles is 1. The summed E-state index contributed by atoms with van der Waals surface area (Å²) in [5.41, 5.74) is 0.622. The number of fused-ring (bicyclic) bond motifs is 1. The minimum Gasteiger partial charge on any atom is -0.464 e. The van der Waals surface area contributed by atoms with Crippen LogP contribution in [0.25, 0.3) is 11.0 Å². The number of aromatic nitrogens is 1. The van der Waals surface area contributed by atoms with Crippen LogP contribution >= 0.6 is 0 Å². The Kier molecular flexibility index (Phi) is 3.49. The topological polar surface area (TPSA) is 87.3 Å². The number of furan rings is 1. The first kappa shape index (κ1) is 13.1. The van der Waals surface area contributed by atoms with E-state index in [4.69, 9.17) is 14.4 Å². The van der Waals surface area contributed by atoms with Gasteiger partial charge < -0.3 is 14.3 Å². The summed E-state index contributed by atoms with van der Waals surface area (Å²) < 4.78 is 11.4. The Morgan fingerprint density at radius 3 is 2.89 bits per heavy atom. The molecule has 0 saturated heterocycles. The molecule has 1 N–H and O–H groups in total. The van der Waals surface area contributed by atoms with Gasteiger partial charge in [0.05, 0.1) is 11.6 Å². The van der Waals surface area contributed by atoms with Crippen molar-refractivity contribution in [3.05, 3.63) is 30.3 Å². The van der Waals surface area contributed by atoms with Crippen LogP contribution in [-0.4, -0.2) is 17.3 Å². The summed E-state index contributed by atoms with van der Waals surface area (Å²) in [7, 11) is 0. The average Bonchev–Trinajstić information content (AvgIpc) is 2.83. The van der Waals surface area contributed by atoms with Gasteiger partial charge in [-0.15, -0.1) is 0 Å². The normalized spacial score (nSPS) is 12.4. The second-order valence-electron chi connectivity index (χ2n) is 4.23. The van der Waals surface area contributed by atoms with E-state index in [2.05, 4.69) is 0 Å². The Morgan fingerprint density at radius 1 is 1.53 bits per heavy atom. The highest BCUT2D eigenvalue weighted by Crippen LogP contribution is 2.21. The molecule has 2 aromatic heterocycles. The molecule has 0 bridgehead atoms. The Labute approximate surface area is 109 Å². The number of hydrogen-bond donors (Lipinski definition) is 1. The summed E-state index contributed by atoms with van der Waals surface area (Å²) in [5.74, 6) is 0. The zero-order valence-corrected chi connectivity index (χ0v) is 10.5. The number of hydrogen-bond acceptors (Lipinski definition) is 5. The van der Waals surface area contributed by atoms with E-state index in [0.717, 1.165) is 4.57 Å². The predicted octanol–water partition coefficient (Wildman–Crippen LogP) is 1.67. The van der Waals surface area contributed by atoms with Crippen LogP contribution in [0.4, 0.5) is 4.79 Å². The van der Waals surface area contributed by atoms with Gasteiger partial charge in [-0.1, -0.05) is 4.57 Å². The maximum atomic E-state index is 12.0. The van der Waals surface area contributed by atoms with Crippen LogP contribution in [0.3, 0.4) is 0 Å². The van der Waals surface area contributed by atoms with E-state index in [1.807, 2.05) is 0 Å². The van der Waals surface area contributed by atoms with Crippen LogP contribution in [0.2, 0.25) is 0 Å². The molecular formula is C13H13N2O4+. The summed E-state index contributed by atoms with van der Waals surface area (Å²) in [4.78, 5) is 12.0. The average molecular weight is 261 g/mol. The number of carbonyl (C=O) groups excluding carboxylic acids is 1. The largest absolute Gasteiger partial charge is 0.602 e. The van der Waals surface area contributed by atoms with E-state index in [9.17, 15) is 9.90 Å². The molecule has 6 heteroatoms. The molecule has 0 aliphatic rings. The number of carbonyl (C=O) groups is 1. The molecule has 0 saturated carbocycles. The number of nitrogens with zero attached hydrogens (tertiary/aromatic N) is 2. The van der Waals surface area contributed by atoms with Gasteiger partial charge in [-0.3, -0.25) is 0 Å². The van der Waals surface area contributed by atoms with Crippen molar-refractivity contribution in [2.24, 2.45) is 0 Å². The molecular weight excluding hydrogens is 248 g/mol. The second-order valence-corrected chi connectivity index (χ2v) is 4.23. The first-order chi connectivity index (χ1) is 9.04. The van der Waals surface area contributed by atoms with Crippen molar-refractivity contribution in [2.45, 2.75) is 26.1 Å². The van der Waals surface area contributed by atoms with Gasteiger partial charge in [-0.2, -0.15) is 10.1 Å². The standard InChI is InChI=1S/C13H13N2O4/c1-8(2)19-13(17)15-5-3-11-9(4-6-18-11)12(15)10(16)7-14/h3-6,8,10,16H,1-2H3/q+1. The second kappa shape index (κ2) is 5.08. The van der Waals surface area contributed by atoms with Crippen LogP contribution in [0.1, 0.15) is 25.6 Å². The lowest BCUT2D eigenvalue weighted by atomic mass is 10.1. The van der Waals surface area contributed by atoms with E-state index < -0.39 is 12.2 Å². The van der Waals surface area contributed by atoms with Crippen LogP contribution in [0.5, 0.6) is 0 Å². The van der Waals surface area contributed by atoms with E-state index in [-0.39, 0.29) is 11.8 Å². The van der Waals surface area contributed by atoms with Crippen molar-refractivity contribution in [1.82, 2.24) is 0 Å². The zero-order chi connectivity index (χ0) is 14.0. The van der Waals surface area contributed by atoms with Crippen molar-refractivity contribution in [3.63, 3.8) is 0 Å². The molecule has 2 aromatic rings. The smallest absolute Gasteiger partial charge is 0.464 e. The molecule has 98 valence electrons. The summed E-state index contributed by atoms with van der Waals surface area (Å²) in [6.45, 7) is 3.43. The molecule has 0 amide bonds. The van der Waals surface area contributed by atoms with Gasteiger partial charge in [0, 0.05) is 6.07 Å². The summed E-state index contributed by atoms with van der Waals surface area (Å²) in [6, 6.07) is 4.86. The van der Waals surface area contributed by atoms with Gasteiger partial charge in [-0.05, 0) is 19.9 Å². The SMILES string of the molecule is CC(C)OC(=O)[n+]1ccc2occc2c1C(O)C#N. The van der Waals surface area contributed by atoms with Crippen LogP contribution in [0, 0.1) is 11.3 Å². The van der Waals surface area contributed by atoms with Crippen molar-refractivity contribution in [2.75, 3.05) is 0 Å². The van der Waals surface area contributed by atoms with Gasteiger partial charge in [0.2, 0.25) is 11.8 Å². The Balaban J connectivity index is 2.60. The molecule has 0 aliphatic carbocycles. The molecule has 6 nitrogen and oxygen atoms in total. The van der Waals surface area contributed by atoms with Crippen LogP contribution < -0.4 is 4.57 Å². The molecule has 0 spiro atoms. The number of pyridine rings is 1. The summed E-state index contributed by atoms with van der Waals surface area (Å²) in [6.07, 6.45) is 0.443. The fourth-order valence-corrected chi connectivity index (χ4v) is 1.77. The third-order valence-electron chi connectivity index (χ3n) is 2.52. The first-order valence-electron chi connectivity index (χ1n) is 5.75. The third kappa shape index (κ3) is 2.41. The van der Waals surface area contributed by atoms with E-state index in [0.29, 0.717) is 11.0 Å². The fraction of sp³-hybridized carbons (Fsp3) is 0.308. The Hall–Kier alpha value is -2.39. The molecule has 0 radical (unpaired) electrons. The Morgan fingerprint density at radius 2 is 2.26 bits per heavy atom. The Bertz CT molecular complexity index is 654. The number of aliphatic hydroxyl groups excluding tert-OH is 1. The number of rotatable bonds is 2. The zero-order valence-electron chi connectivity index (χ0n) is 10.5. The molecule has 19 heavy (non-hydrogen) atoms. The highest BCUT2D eigenvalue weighted by atomic mass is 16.6. The van der Waals surface area contributed by atoms with Crippen molar-refractivity contribution in [1.29, 1.82) is 5.26 Å². The van der Waals surface area contributed by atoms with E-state index in [1.165, 1.54) is 12.5 Å². The maximum absolute atomic E-state index is 12.0. The summed E-state index contributed by atoms with van der Waals surface area (Å²) in [5, 5.41) is 19.2. The van der Waals surface area contributed by atoms with Crippen molar-refractivity contribution < 1.29 is 23.6 Å². The molecule has 0 aromatic carbocycles. The molecule has 0 fully saturated rings. The number of aliphatic hydroxyl groups is 1. The van der Waals surface area contributed by atoms with E-state index >= 15 is 0 Å². The fourth-order valence-electron chi connectivity index (χ4n) is 1.77. The third-order valence-corrected chi connectivity index (χ3v) is 2.52. The molecule has 0 aliphatic heterocycles. The monoisotopic (exact) mass is 261 g/mol. The number of ether oxygens (including phenoxy) is 1. The van der Waals surface area contributed by atoms with Crippen LogP contribution in [0.15, 0.2) is 29.0 Å². The van der Waals surface area contributed by atoms with Gasteiger partial charge in [-0.25, -0.2) is 0 Å². The van der Waals surface area contributed by atoms with Crippen molar-refractivity contribution >= 4 is 17.1 Å². The lowest BCUT2D eigenvalue weighted by Gasteiger charge is -2.06. The predicted molar refractivity (Wildman–Crippen MR) is 64.0 cm³/mol. The van der Waals surface area contributed by atoms with Crippen molar-refractivity contribution in [3.8, 4) is 6.07 Å². The highest BCUT2D eigenvalue weighted by Gasteiger charge is 2.31.